The number of rotatable bonds is 4. The van der Waals surface area contributed by atoms with Crippen LogP contribution in [0.5, 0.6) is 0 Å². The number of Topliss-reactive ketones (excluding diaryl/α,β-unsaturated/α-hetero) is 1. The van der Waals surface area contributed by atoms with Crippen LogP contribution in [0.1, 0.15) is 77.4 Å². The topological polar surface area (TPSA) is 46.3 Å². The number of hydrogen-bond acceptors (Lipinski definition) is 4. The Balaban J connectivity index is 1.34. The average molecular weight is 427 g/mol. The van der Waals surface area contributed by atoms with Gasteiger partial charge in [-0.1, -0.05) is 37.1 Å². The molecule has 2 aromatic heterocycles. The van der Waals surface area contributed by atoms with E-state index in [1.165, 1.54) is 31.2 Å². The molecule has 2 fully saturated rings. The second-order valence-electron chi connectivity index (χ2n) is 9.70. The number of aromatic nitrogens is 1. The minimum atomic E-state index is -0.155. The Morgan fingerprint density at radius 1 is 0.938 bits per heavy atom. The van der Waals surface area contributed by atoms with Crippen molar-refractivity contribution in [1.82, 2.24) is 9.88 Å². The van der Waals surface area contributed by atoms with Crippen molar-refractivity contribution in [3.63, 3.8) is 0 Å². The van der Waals surface area contributed by atoms with Crippen LogP contribution >= 0.6 is 0 Å². The Morgan fingerprint density at radius 3 is 2.44 bits per heavy atom. The summed E-state index contributed by atoms with van der Waals surface area (Å²) >= 11 is 0. The second-order valence-corrected chi connectivity index (χ2v) is 9.70. The van der Waals surface area contributed by atoms with Gasteiger partial charge in [-0.2, -0.15) is 0 Å². The van der Waals surface area contributed by atoms with Crippen LogP contribution in [0.25, 0.3) is 11.3 Å². The lowest BCUT2D eigenvalue weighted by Crippen LogP contribution is -2.39. The molecular formula is C28H30N2O2. The van der Waals surface area contributed by atoms with Crippen molar-refractivity contribution < 1.29 is 9.21 Å². The summed E-state index contributed by atoms with van der Waals surface area (Å²) in [6.07, 6.45) is 14.1. The van der Waals surface area contributed by atoms with Gasteiger partial charge in [0.15, 0.2) is 5.78 Å². The molecule has 2 aliphatic carbocycles. The zero-order valence-electron chi connectivity index (χ0n) is 18.5. The zero-order valence-corrected chi connectivity index (χ0v) is 18.5. The van der Waals surface area contributed by atoms with Gasteiger partial charge in [-0.15, -0.1) is 0 Å². The molecule has 3 aromatic rings. The lowest BCUT2D eigenvalue weighted by molar-refractivity contribution is 0.0972. The maximum absolute atomic E-state index is 13.5. The number of likely N-dealkylation sites (tertiary alicyclic amines) is 1. The number of ketones is 1. The summed E-state index contributed by atoms with van der Waals surface area (Å²) in [7, 11) is 0. The first-order valence-corrected chi connectivity index (χ1v) is 12.2. The first-order chi connectivity index (χ1) is 15.8. The highest BCUT2D eigenvalue weighted by Crippen LogP contribution is 2.45. The first-order valence-electron chi connectivity index (χ1n) is 12.2. The largest absolute Gasteiger partial charge is 0.464 e. The molecule has 1 saturated carbocycles. The highest BCUT2D eigenvalue weighted by molar-refractivity contribution is 6.06. The van der Waals surface area contributed by atoms with Crippen molar-refractivity contribution in [3.8, 4) is 11.3 Å². The molecule has 0 bridgehead atoms. The molecular weight excluding hydrogens is 396 g/mol. The molecule has 1 saturated heterocycles. The van der Waals surface area contributed by atoms with Crippen molar-refractivity contribution in [2.24, 2.45) is 0 Å². The first kappa shape index (κ1) is 19.9. The summed E-state index contributed by atoms with van der Waals surface area (Å²) in [5, 5.41) is 0. The normalized spacial score (nSPS) is 22.5. The lowest BCUT2D eigenvalue weighted by atomic mass is 9.82. The van der Waals surface area contributed by atoms with E-state index in [9.17, 15) is 4.79 Å². The average Bonchev–Trinajstić information content (AvgIpc) is 3.59. The Bertz CT molecular complexity index is 1110. The third-order valence-corrected chi connectivity index (χ3v) is 7.98. The fourth-order valence-corrected chi connectivity index (χ4v) is 6.30. The molecule has 0 amide bonds. The smallest absolute Gasteiger partial charge is 0.171 e. The molecule has 3 aliphatic rings. The third-order valence-electron chi connectivity index (χ3n) is 7.98. The molecule has 164 valence electrons. The van der Waals surface area contributed by atoms with E-state index in [1.807, 2.05) is 36.6 Å². The third kappa shape index (κ3) is 3.41. The molecule has 0 N–H and O–H groups in total. The van der Waals surface area contributed by atoms with Gasteiger partial charge < -0.3 is 9.32 Å². The molecule has 1 aliphatic heterocycles. The van der Waals surface area contributed by atoms with Crippen LogP contribution in [0.15, 0.2) is 59.5 Å². The maximum Gasteiger partial charge on any atom is 0.171 e. The number of pyridine rings is 1. The van der Waals surface area contributed by atoms with Crippen molar-refractivity contribution in [1.29, 1.82) is 0 Å². The number of nitrogens with zero attached hydrogens (tertiary/aromatic N) is 2. The number of carbonyl (C=O) groups excluding carboxylic acids is 1. The van der Waals surface area contributed by atoms with E-state index >= 15 is 0 Å². The van der Waals surface area contributed by atoms with Crippen LogP contribution in [-0.4, -0.2) is 34.8 Å². The zero-order chi connectivity index (χ0) is 21.5. The standard InChI is InChI=1S/C28H30N2O2/c31-27-23-8-4-1-5-21(23)17-24(27)26-25(18-32-28(26)20-9-13-29-14-10-20)19-11-15-30(16-12-19)22-6-2-3-7-22/h1,4-5,8-10,13-14,18-19,22,24H,2-3,6-7,11-12,15-17H2/t24-/m0/s1. The molecule has 1 aromatic carbocycles. The summed E-state index contributed by atoms with van der Waals surface area (Å²) in [6.45, 7) is 2.31. The van der Waals surface area contributed by atoms with Crippen LogP contribution < -0.4 is 0 Å². The summed E-state index contributed by atoms with van der Waals surface area (Å²) in [6, 6.07) is 12.8. The minimum Gasteiger partial charge on any atom is -0.464 e. The fraction of sp³-hybridized carbons (Fsp3) is 0.429. The fourth-order valence-electron chi connectivity index (χ4n) is 6.30. The van der Waals surface area contributed by atoms with Gasteiger partial charge in [0.1, 0.15) is 5.76 Å². The SMILES string of the molecule is O=C1c2ccccc2C[C@H]1c1c(C2CCN(C3CCCC3)CC2)coc1-c1ccncc1. The van der Waals surface area contributed by atoms with Gasteiger partial charge in [-0.05, 0) is 74.4 Å². The van der Waals surface area contributed by atoms with E-state index in [1.54, 1.807) is 12.4 Å². The van der Waals surface area contributed by atoms with E-state index in [0.29, 0.717) is 5.92 Å². The number of fused-ring (bicyclic) bond motifs is 1. The predicted octanol–water partition coefficient (Wildman–Crippen LogP) is 5.99. The summed E-state index contributed by atoms with van der Waals surface area (Å²) in [5.41, 5.74) is 5.42. The molecule has 1 atom stereocenters. The Morgan fingerprint density at radius 2 is 1.69 bits per heavy atom. The van der Waals surface area contributed by atoms with Crippen LogP contribution in [0.3, 0.4) is 0 Å². The van der Waals surface area contributed by atoms with Gasteiger partial charge in [0.2, 0.25) is 0 Å². The van der Waals surface area contributed by atoms with Crippen LogP contribution in [-0.2, 0) is 6.42 Å². The van der Waals surface area contributed by atoms with Gasteiger partial charge in [0, 0.05) is 35.1 Å². The lowest BCUT2D eigenvalue weighted by Gasteiger charge is -2.36. The van der Waals surface area contributed by atoms with Crippen molar-refractivity contribution in [2.75, 3.05) is 13.1 Å². The number of carbonyl (C=O) groups is 1. The minimum absolute atomic E-state index is 0.155. The molecule has 0 radical (unpaired) electrons. The van der Waals surface area contributed by atoms with Gasteiger partial charge in [0.25, 0.3) is 0 Å². The van der Waals surface area contributed by atoms with Crippen LogP contribution in [0, 0.1) is 0 Å². The predicted molar refractivity (Wildman–Crippen MR) is 125 cm³/mol. The molecule has 4 heteroatoms. The van der Waals surface area contributed by atoms with E-state index in [0.717, 1.165) is 66.4 Å². The van der Waals surface area contributed by atoms with Gasteiger partial charge in [-0.25, -0.2) is 0 Å². The van der Waals surface area contributed by atoms with Gasteiger partial charge in [-0.3, -0.25) is 9.78 Å². The Kier molecular flexibility index (Phi) is 5.18. The summed E-state index contributed by atoms with van der Waals surface area (Å²) < 4.78 is 6.23. The second kappa shape index (κ2) is 8.32. The number of furan rings is 1. The Hall–Kier alpha value is -2.72. The van der Waals surface area contributed by atoms with E-state index in [4.69, 9.17) is 4.42 Å². The van der Waals surface area contributed by atoms with Gasteiger partial charge in [0.05, 0.1) is 12.2 Å². The van der Waals surface area contributed by atoms with Gasteiger partial charge >= 0.3 is 0 Å². The van der Waals surface area contributed by atoms with Crippen molar-refractivity contribution in [2.45, 2.75) is 62.8 Å². The summed E-state index contributed by atoms with van der Waals surface area (Å²) in [4.78, 5) is 20.4. The number of benzene rings is 1. The molecule has 4 nitrogen and oxygen atoms in total. The number of piperidine rings is 1. The molecule has 32 heavy (non-hydrogen) atoms. The van der Waals surface area contributed by atoms with E-state index in [-0.39, 0.29) is 11.7 Å². The van der Waals surface area contributed by atoms with Crippen LogP contribution in [0.4, 0.5) is 0 Å². The van der Waals surface area contributed by atoms with Crippen LogP contribution in [0.2, 0.25) is 0 Å². The molecule has 0 unspecified atom stereocenters. The molecule has 6 rings (SSSR count). The highest BCUT2D eigenvalue weighted by atomic mass is 16.3. The molecule has 0 spiro atoms. The maximum atomic E-state index is 13.5. The quantitative estimate of drug-likeness (QED) is 0.514. The Labute approximate surface area is 189 Å². The summed E-state index contributed by atoms with van der Waals surface area (Å²) in [5.74, 6) is 1.39. The molecule has 3 heterocycles. The van der Waals surface area contributed by atoms with E-state index in [2.05, 4.69) is 16.0 Å². The highest BCUT2D eigenvalue weighted by Gasteiger charge is 2.38. The monoisotopic (exact) mass is 426 g/mol. The van der Waals surface area contributed by atoms with E-state index < -0.39 is 0 Å². The van der Waals surface area contributed by atoms with Crippen molar-refractivity contribution in [3.05, 3.63) is 77.3 Å². The van der Waals surface area contributed by atoms with Crippen molar-refractivity contribution >= 4 is 5.78 Å². The number of hydrogen-bond donors (Lipinski definition) is 0.